The van der Waals surface area contributed by atoms with Gasteiger partial charge in [-0.05, 0) is 25.8 Å². The van der Waals surface area contributed by atoms with Gasteiger partial charge in [0.25, 0.3) is 5.91 Å². The van der Waals surface area contributed by atoms with Gasteiger partial charge in [-0.15, -0.1) is 0 Å². The van der Waals surface area contributed by atoms with Gasteiger partial charge in [0, 0.05) is 31.7 Å². The monoisotopic (exact) mass is 292 g/mol. The van der Waals surface area contributed by atoms with E-state index in [1.165, 1.54) is 0 Å². The molecule has 106 valence electrons. The van der Waals surface area contributed by atoms with Crippen molar-refractivity contribution in [2.24, 2.45) is 0 Å². The summed E-state index contributed by atoms with van der Waals surface area (Å²) in [6.45, 7) is 3.50. The topological polar surface area (TPSA) is 53.9 Å². The maximum absolute atomic E-state index is 12.4. The minimum atomic E-state index is 0.0133. The predicted octanol–water partition coefficient (Wildman–Crippen LogP) is 2.65. The van der Waals surface area contributed by atoms with E-state index in [0.717, 1.165) is 25.2 Å². The highest BCUT2D eigenvalue weighted by Crippen LogP contribution is 2.24. The Kier molecular flexibility index (Phi) is 3.53. The van der Waals surface area contributed by atoms with E-state index in [1.807, 2.05) is 18.0 Å². The summed E-state index contributed by atoms with van der Waals surface area (Å²) in [5.41, 5.74) is 0.554. The number of rotatable bonds is 2. The van der Waals surface area contributed by atoms with Crippen LogP contribution in [0.2, 0.25) is 5.02 Å². The molecule has 0 spiro atoms. The summed E-state index contributed by atoms with van der Waals surface area (Å²) in [7, 11) is 0. The number of aromatic amines is 1. The molecule has 0 radical (unpaired) electrons. The average molecular weight is 293 g/mol. The van der Waals surface area contributed by atoms with Gasteiger partial charge in [0.05, 0.1) is 11.1 Å². The van der Waals surface area contributed by atoms with E-state index in [4.69, 9.17) is 11.6 Å². The van der Waals surface area contributed by atoms with E-state index in [2.05, 4.69) is 14.5 Å². The lowest BCUT2D eigenvalue weighted by molar-refractivity contribution is 0.0673. The molecule has 1 aliphatic heterocycles. The van der Waals surface area contributed by atoms with E-state index in [9.17, 15) is 4.79 Å². The lowest BCUT2D eigenvalue weighted by Crippen LogP contribution is -2.40. The fourth-order valence-corrected chi connectivity index (χ4v) is 2.97. The fraction of sp³-hybridized carbons (Fsp3) is 0.429. The molecule has 20 heavy (non-hydrogen) atoms. The minimum Gasteiger partial charge on any atom is -0.356 e. The first-order valence-corrected chi connectivity index (χ1v) is 7.15. The normalized spacial score (nSPS) is 19.3. The summed E-state index contributed by atoms with van der Waals surface area (Å²) in [6, 6.07) is 1.98. The van der Waals surface area contributed by atoms with Crippen molar-refractivity contribution in [3.8, 4) is 0 Å². The number of nitrogens with zero attached hydrogens (tertiary/aromatic N) is 3. The van der Waals surface area contributed by atoms with E-state index >= 15 is 0 Å². The number of aryl methyl sites for hydroxylation is 1. The zero-order valence-electron chi connectivity index (χ0n) is 11.3. The lowest BCUT2D eigenvalue weighted by atomic mass is 10.0. The maximum Gasteiger partial charge on any atom is 0.270 e. The fourth-order valence-electron chi connectivity index (χ4n) is 2.80. The highest BCUT2D eigenvalue weighted by Gasteiger charge is 2.26. The van der Waals surface area contributed by atoms with E-state index in [-0.39, 0.29) is 5.91 Å². The lowest BCUT2D eigenvalue weighted by Gasteiger charge is -2.33. The zero-order valence-corrected chi connectivity index (χ0v) is 12.1. The molecule has 1 amide bonds. The van der Waals surface area contributed by atoms with Crippen molar-refractivity contribution in [1.29, 1.82) is 0 Å². The molecule has 6 heteroatoms. The van der Waals surface area contributed by atoms with Gasteiger partial charge in [-0.25, -0.2) is 4.98 Å². The molecule has 0 saturated carbocycles. The Labute approximate surface area is 122 Å². The summed E-state index contributed by atoms with van der Waals surface area (Å²) < 4.78 is 2.15. The second kappa shape index (κ2) is 5.32. The van der Waals surface area contributed by atoms with Crippen molar-refractivity contribution >= 4 is 17.5 Å². The minimum absolute atomic E-state index is 0.0133. The van der Waals surface area contributed by atoms with Crippen LogP contribution in [0, 0.1) is 6.92 Å². The van der Waals surface area contributed by atoms with Crippen molar-refractivity contribution in [3.63, 3.8) is 0 Å². The van der Waals surface area contributed by atoms with Crippen LogP contribution in [-0.2, 0) is 0 Å². The van der Waals surface area contributed by atoms with Gasteiger partial charge in [-0.1, -0.05) is 11.6 Å². The summed E-state index contributed by atoms with van der Waals surface area (Å²) in [5, 5.41) is 0.562. The van der Waals surface area contributed by atoms with Gasteiger partial charge in [0.1, 0.15) is 11.5 Å². The molecular weight excluding hydrogens is 276 g/mol. The first kappa shape index (κ1) is 13.2. The number of piperidine rings is 1. The number of likely N-dealkylation sites (tertiary alicyclic amines) is 1. The van der Waals surface area contributed by atoms with Crippen LogP contribution in [0.5, 0.6) is 0 Å². The number of carbonyl (C=O) groups is 1. The smallest absolute Gasteiger partial charge is 0.270 e. The van der Waals surface area contributed by atoms with Crippen LogP contribution in [0.3, 0.4) is 0 Å². The molecule has 1 saturated heterocycles. The first-order valence-electron chi connectivity index (χ1n) is 6.78. The highest BCUT2D eigenvalue weighted by atomic mass is 35.5. The number of H-pyrrole nitrogens is 1. The van der Waals surface area contributed by atoms with Crippen LogP contribution in [-0.4, -0.2) is 38.4 Å². The molecule has 3 rings (SSSR count). The number of hydrogen-bond acceptors (Lipinski definition) is 2. The molecular formula is C14H17ClN4O. The number of carbonyl (C=O) groups excluding carboxylic acids is 1. The molecule has 0 unspecified atom stereocenters. The third-order valence-electron chi connectivity index (χ3n) is 3.82. The standard InChI is InChI=1S/C14H17ClN4O/c1-10-16-4-6-19(10)12-3-2-5-18(9-12)14(20)13-7-11(15)8-17-13/h4,6-8,12,17H,2-3,5,9H2,1H3/t12-/m1/s1. The molecule has 2 aromatic rings. The molecule has 1 N–H and O–H groups in total. The second-order valence-corrected chi connectivity index (χ2v) is 5.60. The summed E-state index contributed by atoms with van der Waals surface area (Å²) in [6.07, 6.45) is 7.51. The van der Waals surface area contributed by atoms with Crippen molar-refractivity contribution in [3.05, 3.63) is 41.2 Å². The third-order valence-corrected chi connectivity index (χ3v) is 4.04. The van der Waals surface area contributed by atoms with Gasteiger partial charge in [-0.3, -0.25) is 4.79 Å². The Bertz CT molecular complexity index is 618. The largest absolute Gasteiger partial charge is 0.356 e. The molecule has 0 aromatic carbocycles. The number of imidazole rings is 1. The molecule has 1 atom stereocenters. The van der Waals surface area contributed by atoms with Crippen LogP contribution in [0.1, 0.15) is 35.2 Å². The molecule has 0 aliphatic carbocycles. The van der Waals surface area contributed by atoms with Crippen molar-refractivity contribution in [2.75, 3.05) is 13.1 Å². The molecule has 0 bridgehead atoms. The van der Waals surface area contributed by atoms with Crippen LogP contribution in [0.4, 0.5) is 0 Å². The SMILES string of the molecule is Cc1nccn1[C@@H]1CCCN(C(=O)c2cc(Cl)c[nH]2)C1. The van der Waals surface area contributed by atoms with Gasteiger partial charge in [0.2, 0.25) is 0 Å². The first-order chi connectivity index (χ1) is 9.65. The van der Waals surface area contributed by atoms with Gasteiger partial charge in [0.15, 0.2) is 0 Å². The molecule has 1 aliphatic rings. The summed E-state index contributed by atoms with van der Waals surface area (Å²) in [5.74, 6) is 1.01. The van der Waals surface area contributed by atoms with Gasteiger partial charge < -0.3 is 14.5 Å². The second-order valence-electron chi connectivity index (χ2n) is 5.16. The molecule has 2 aromatic heterocycles. The third kappa shape index (κ3) is 2.45. The molecule has 5 nitrogen and oxygen atoms in total. The van der Waals surface area contributed by atoms with E-state index < -0.39 is 0 Å². The quantitative estimate of drug-likeness (QED) is 0.925. The van der Waals surface area contributed by atoms with Crippen molar-refractivity contribution in [1.82, 2.24) is 19.4 Å². The maximum atomic E-state index is 12.4. The van der Waals surface area contributed by atoms with Crippen molar-refractivity contribution < 1.29 is 4.79 Å². The Morgan fingerprint density at radius 2 is 2.40 bits per heavy atom. The molecule has 3 heterocycles. The van der Waals surface area contributed by atoms with E-state index in [1.54, 1.807) is 18.5 Å². The predicted molar refractivity (Wildman–Crippen MR) is 76.9 cm³/mol. The Hall–Kier alpha value is -1.75. The number of nitrogens with one attached hydrogen (secondary N) is 1. The summed E-state index contributed by atoms with van der Waals surface area (Å²) in [4.78, 5) is 21.5. The Morgan fingerprint density at radius 1 is 1.55 bits per heavy atom. The number of aromatic nitrogens is 3. The van der Waals surface area contributed by atoms with Crippen LogP contribution in [0.25, 0.3) is 0 Å². The van der Waals surface area contributed by atoms with Gasteiger partial charge >= 0.3 is 0 Å². The van der Waals surface area contributed by atoms with Crippen molar-refractivity contribution in [2.45, 2.75) is 25.8 Å². The van der Waals surface area contributed by atoms with Crippen LogP contribution in [0.15, 0.2) is 24.7 Å². The zero-order chi connectivity index (χ0) is 14.1. The number of hydrogen-bond donors (Lipinski definition) is 1. The highest BCUT2D eigenvalue weighted by molar-refractivity contribution is 6.30. The Balaban J connectivity index is 1.75. The summed E-state index contributed by atoms with van der Waals surface area (Å²) >= 11 is 5.86. The van der Waals surface area contributed by atoms with Crippen LogP contribution < -0.4 is 0 Å². The Morgan fingerprint density at radius 3 is 3.05 bits per heavy atom. The molecule has 1 fully saturated rings. The number of amides is 1. The average Bonchev–Trinajstić information content (AvgIpc) is 3.07. The number of halogens is 1. The van der Waals surface area contributed by atoms with Crippen LogP contribution >= 0.6 is 11.6 Å². The van der Waals surface area contributed by atoms with Gasteiger partial charge in [-0.2, -0.15) is 0 Å². The van der Waals surface area contributed by atoms with E-state index in [0.29, 0.717) is 23.3 Å².